The Hall–Kier alpha value is -2.56. The first-order valence-corrected chi connectivity index (χ1v) is 10.1. The lowest BCUT2D eigenvalue weighted by molar-refractivity contribution is -0.686. The van der Waals surface area contributed by atoms with E-state index in [1.54, 1.807) is 12.1 Å². The molecule has 3 aromatic rings. The number of quaternary nitrogens is 1. The fourth-order valence-electron chi connectivity index (χ4n) is 3.01. The first-order chi connectivity index (χ1) is 14.0. The molecule has 0 aromatic heterocycles. The SMILES string of the molecule is CCOc1cc(C[NH2+]Cc2ccc(C)cc2)cc(Cl)c1OCc1ccc(F)cc1. The van der Waals surface area contributed by atoms with Crippen LogP contribution in [0.5, 0.6) is 11.5 Å². The van der Waals surface area contributed by atoms with Gasteiger partial charge in [-0.2, -0.15) is 0 Å². The van der Waals surface area contributed by atoms with Crippen molar-refractivity contribution in [3.63, 3.8) is 0 Å². The molecular weight excluding hydrogens is 389 g/mol. The molecule has 0 aliphatic heterocycles. The minimum atomic E-state index is -0.270. The van der Waals surface area contributed by atoms with Crippen molar-refractivity contribution in [2.24, 2.45) is 0 Å². The van der Waals surface area contributed by atoms with Gasteiger partial charge in [-0.25, -0.2) is 4.39 Å². The van der Waals surface area contributed by atoms with Gasteiger partial charge in [0.1, 0.15) is 25.5 Å². The lowest BCUT2D eigenvalue weighted by Gasteiger charge is -2.15. The normalized spacial score (nSPS) is 10.8. The van der Waals surface area contributed by atoms with Crippen molar-refractivity contribution >= 4 is 11.6 Å². The van der Waals surface area contributed by atoms with E-state index in [0.29, 0.717) is 29.7 Å². The highest BCUT2D eigenvalue weighted by atomic mass is 35.5. The van der Waals surface area contributed by atoms with Crippen LogP contribution in [0.3, 0.4) is 0 Å². The third kappa shape index (κ3) is 6.21. The fraction of sp³-hybridized carbons (Fsp3) is 0.250. The van der Waals surface area contributed by atoms with E-state index in [1.807, 2.05) is 19.1 Å². The molecule has 0 saturated carbocycles. The second-order valence-electron chi connectivity index (χ2n) is 6.94. The van der Waals surface area contributed by atoms with Crippen LogP contribution >= 0.6 is 11.6 Å². The number of hydrogen-bond acceptors (Lipinski definition) is 2. The topological polar surface area (TPSA) is 35.1 Å². The van der Waals surface area contributed by atoms with Crippen LogP contribution in [0.15, 0.2) is 60.7 Å². The second-order valence-corrected chi connectivity index (χ2v) is 7.34. The summed E-state index contributed by atoms with van der Waals surface area (Å²) in [5, 5.41) is 2.74. The molecule has 0 bridgehead atoms. The van der Waals surface area contributed by atoms with Crippen LogP contribution in [-0.2, 0) is 19.7 Å². The summed E-state index contributed by atoms with van der Waals surface area (Å²) in [6, 6.07) is 18.6. The zero-order valence-electron chi connectivity index (χ0n) is 16.8. The van der Waals surface area contributed by atoms with Crippen molar-refractivity contribution in [1.82, 2.24) is 0 Å². The van der Waals surface area contributed by atoms with E-state index < -0.39 is 0 Å². The molecule has 3 rings (SSSR count). The van der Waals surface area contributed by atoms with E-state index in [4.69, 9.17) is 21.1 Å². The van der Waals surface area contributed by atoms with E-state index in [0.717, 1.165) is 24.2 Å². The van der Waals surface area contributed by atoms with Crippen LogP contribution in [0.1, 0.15) is 29.2 Å². The van der Waals surface area contributed by atoms with Crippen molar-refractivity contribution < 1.29 is 19.2 Å². The summed E-state index contributed by atoms with van der Waals surface area (Å²) < 4.78 is 24.7. The minimum Gasteiger partial charge on any atom is -0.490 e. The maximum absolute atomic E-state index is 13.1. The molecule has 3 nitrogen and oxygen atoms in total. The number of hydrogen-bond donors (Lipinski definition) is 1. The summed E-state index contributed by atoms with van der Waals surface area (Å²) in [5.74, 6) is 0.869. The number of aryl methyl sites for hydroxylation is 1. The molecule has 3 aromatic carbocycles. The number of rotatable bonds is 9. The number of halogens is 2. The van der Waals surface area contributed by atoms with E-state index in [-0.39, 0.29) is 5.82 Å². The Morgan fingerprint density at radius 2 is 1.52 bits per heavy atom. The molecule has 5 heteroatoms. The maximum atomic E-state index is 13.1. The van der Waals surface area contributed by atoms with Crippen molar-refractivity contribution in [3.8, 4) is 11.5 Å². The first kappa shape index (κ1) is 21.2. The van der Waals surface area contributed by atoms with Gasteiger partial charge >= 0.3 is 0 Å². The monoisotopic (exact) mass is 414 g/mol. The van der Waals surface area contributed by atoms with Gasteiger partial charge in [0.05, 0.1) is 11.6 Å². The molecule has 0 radical (unpaired) electrons. The van der Waals surface area contributed by atoms with Crippen LogP contribution < -0.4 is 14.8 Å². The lowest BCUT2D eigenvalue weighted by atomic mass is 10.1. The Labute approximate surface area is 176 Å². The molecule has 0 saturated heterocycles. The Bertz CT molecular complexity index is 927. The maximum Gasteiger partial charge on any atom is 0.180 e. The van der Waals surface area contributed by atoms with Crippen LogP contribution in [0.4, 0.5) is 4.39 Å². The fourth-order valence-corrected chi connectivity index (χ4v) is 3.30. The predicted molar refractivity (Wildman–Crippen MR) is 114 cm³/mol. The third-order valence-corrected chi connectivity index (χ3v) is 4.83. The molecular formula is C24H26ClFNO2+. The summed E-state index contributed by atoms with van der Waals surface area (Å²) in [4.78, 5) is 0. The molecule has 0 heterocycles. The highest BCUT2D eigenvalue weighted by Crippen LogP contribution is 2.37. The highest BCUT2D eigenvalue weighted by molar-refractivity contribution is 6.32. The van der Waals surface area contributed by atoms with Crippen LogP contribution in [0, 0.1) is 12.7 Å². The Morgan fingerprint density at radius 1 is 0.862 bits per heavy atom. The third-order valence-electron chi connectivity index (χ3n) is 4.55. The Balaban J connectivity index is 1.66. The molecule has 0 unspecified atom stereocenters. The van der Waals surface area contributed by atoms with Crippen LogP contribution in [0.25, 0.3) is 0 Å². The van der Waals surface area contributed by atoms with Gasteiger partial charge in [-0.15, -0.1) is 0 Å². The molecule has 29 heavy (non-hydrogen) atoms. The van der Waals surface area contributed by atoms with Gasteiger partial charge in [0.25, 0.3) is 0 Å². The molecule has 0 amide bonds. The molecule has 0 atom stereocenters. The Kier molecular flexibility index (Phi) is 7.50. The highest BCUT2D eigenvalue weighted by Gasteiger charge is 2.14. The van der Waals surface area contributed by atoms with Crippen LogP contribution in [-0.4, -0.2) is 6.61 Å². The Morgan fingerprint density at radius 3 is 2.21 bits per heavy atom. The quantitative estimate of drug-likeness (QED) is 0.533. The largest absolute Gasteiger partial charge is 0.490 e. The average molecular weight is 415 g/mol. The predicted octanol–water partition coefficient (Wildman–Crippen LogP) is 5.03. The van der Waals surface area contributed by atoms with Crippen molar-refractivity contribution in [3.05, 3.63) is 93.8 Å². The molecule has 0 spiro atoms. The molecule has 0 fully saturated rings. The van der Waals surface area contributed by atoms with Crippen molar-refractivity contribution in [1.29, 1.82) is 0 Å². The van der Waals surface area contributed by atoms with E-state index in [1.165, 1.54) is 23.3 Å². The van der Waals surface area contributed by atoms with Gasteiger partial charge in [0.15, 0.2) is 11.5 Å². The number of nitrogens with two attached hydrogens (primary N) is 1. The van der Waals surface area contributed by atoms with Gasteiger partial charge in [-0.3, -0.25) is 0 Å². The van der Waals surface area contributed by atoms with Gasteiger partial charge in [0, 0.05) is 11.1 Å². The first-order valence-electron chi connectivity index (χ1n) is 9.75. The second kappa shape index (κ2) is 10.3. The number of benzene rings is 3. The lowest BCUT2D eigenvalue weighted by Crippen LogP contribution is -2.80. The van der Waals surface area contributed by atoms with E-state index in [2.05, 4.69) is 36.5 Å². The zero-order valence-corrected chi connectivity index (χ0v) is 17.5. The van der Waals surface area contributed by atoms with E-state index >= 15 is 0 Å². The standard InChI is InChI=1S/C24H25ClFNO2/c1-3-28-23-13-20(15-27-14-18-6-4-17(2)5-7-18)12-22(25)24(23)29-16-19-8-10-21(26)11-9-19/h4-13,27H,3,14-16H2,1-2H3/p+1. The number of ether oxygens (including phenoxy) is 2. The van der Waals surface area contributed by atoms with E-state index in [9.17, 15) is 4.39 Å². The molecule has 2 N–H and O–H groups in total. The van der Waals surface area contributed by atoms with Gasteiger partial charge in [-0.05, 0) is 43.7 Å². The molecule has 152 valence electrons. The van der Waals surface area contributed by atoms with Gasteiger partial charge in [0.2, 0.25) is 0 Å². The summed E-state index contributed by atoms with van der Waals surface area (Å²) in [6.07, 6.45) is 0. The van der Waals surface area contributed by atoms with Crippen LogP contribution in [0.2, 0.25) is 5.02 Å². The van der Waals surface area contributed by atoms with Crippen molar-refractivity contribution in [2.45, 2.75) is 33.5 Å². The zero-order chi connectivity index (χ0) is 20.6. The van der Waals surface area contributed by atoms with Gasteiger partial charge in [-0.1, -0.05) is 53.6 Å². The molecule has 0 aliphatic rings. The molecule has 0 aliphatic carbocycles. The summed E-state index contributed by atoms with van der Waals surface area (Å²) in [6.45, 7) is 6.49. The van der Waals surface area contributed by atoms with Crippen molar-refractivity contribution in [2.75, 3.05) is 6.61 Å². The summed E-state index contributed by atoms with van der Waals surface area (Å²) >= 11 is 6.50. The summed E-state index contributed by atoms with van der Waals surface area (Å²) in [7, 11) is 0. The van der Waals surface area contributed by atoms with Gasteiger partial charge < -0.3 is 14.8 Å². The minimum absolute atomic E-state index is 0.270. The average Bonchev–Trinajstić information content (AvgIpc) is 2.70. The smallest absolute Gasteiger partial charge is 0.180 e. The summed E-state index contributed by atoms with van der Waals surface area (Å²) in [5.41, 5.74) is 4.48.